The van der Waals surface area contributed by atoms with Gasteiger partial charge < -0.3 is 0 Å². The molecule has 0 unspecified atom stereocenters. The summed E-state index contributed by atoms with van der Waals surface area (Å²) >= 11 is 2.18. The zero-order valence-corrected chi connectivity index (χ0v) is 3.95. The minimum atomic E-state index is 0. The van der Waals surface area contributed by atoms with Crippen molar-refractivity contribution in [3.63, 3.8) is 0 Å². The van der Waals surface area contributed by atoms with Gasteiger partial charge in [0.25, 0.3) is 0 Å². The fourth-order valence-electron chi connectivity index (χ4n) is 0. The quantitative estimate of drug-likeness (QED) is 0.278. The van der Waals surface area contributed by atoms with E-state index in [4.69, 9.17) is 0 Å². The first-order chi connectivity index (χ1) is 1.41. The van der Waals surface area contributed by atoms with Gasteiger partial charge in [0.1, 0.15) is 0 Å². The average molecular weight is 163 g/mol. The monoisotopic (exact) mass is 163 g/mol. The van der Waals surface area contributed by atoms with Crippen molar-refractivity contribution in [3.8, 4) is 0 Å². The molecule has 0 atom stereocenters. The first kappa shape index (κ1) is 9.01. The van der Waals surface area contributed by atoms with Gasteiger partial charge in [0.15, 0.2) is 0 Å². The van der Waals surface area contributed by atoms with Crippen LogP contribution >= 0.6 is 22.6 Å². The molecule has 0 fully saturated rings. The topological polar surface area (TPSA) is 0 Å². The van der Waals surface area contributed by atoms with Crippen molar-refractivity contribution in [2.24, 2.45) is 0 Å². The normalized spacial score (nSPS) is 4.50. The van der Waals surface area contributed by atoms with Crippen LogP contribution in [0.3, 0.4) is 0 Å². The molecule has 0 amide bonds. The maximum absolute atomic E-state index is 3.47. The summed E-state index contributed by atoms with van der Waals surface area (Å²) in [4.78, 5) is 0. The van der Waals surface area contributed by atoms with Crippen LogP contribution in [0.2, 0.25) is 0 Å². The van der Waals surface area contributed by atoms with Gasteiger partial charge in [0.05, 0.1) is 0 Å². The molecular formula is C2H5ILi. The van der Waals surface area contributed by atoms with E-state index in [0.717, 1.165) is 4.43 Å². The molecule has 0 aromatic heterocycles. The number of hydrogen-bond donors (Lipinski definition) is 0. The third-order valence-electron chi connectivity index (χ3n) is 0. The van der Waals surface area contributed by atoms with Crippen molar-refractivity contribution < 1.29 is 0 Å². The zero-order valence-electron chi connectivity index (χ0n) is 1.79. The van der Waals surface area contributed by atoms with Gasteiger partial charge in [-0.2, -0.15) is 0 Å². The maximum atomic E-state index is 3.47. The number of rotatable bonds is 0. The molecule has 0 N–H and O–H groups in total. The van der Waals surface area contributed by atoms with E-state index in [2.05, 4.69) is 29.5 Å². The Morgan fingerprint density at radius 1 is 1.75 bits per heavy atom. The molecule has 0 rings (SSSR count). The summed E-state index contributed by atoms with van der Waals surface area (Å²) in [6, 6.07) is 0. The van der Waals surface area contributed by atoms with E-state index in [1.54, 1.807) is 0 Å². The van der Waals surface area contributed by atoms with Crippen molar-refractivity contribution in [2.45, 2.75) is 0 Å². The molecule has 0 spiro atoms. The third-order valence-corrected chi connectivity index (χ3v) is 0. The zero-order chi connectivity index (χ0) is 2.71. The summed E-state index contributed by atoms with van der Waals surface area (Å²) in [5.74, 6) is 0. The fraction of sp³-hybridized carbons (Fsp3) is 0.500. The fourth-order valence-corrected chi connectivity index (χ4v) is 0. The van der Waals surface area contributed by atoms with Gasteiger partial charge in [-0.3, -0.25) is 0 Å². The van der Waals surface area contributed by atoms with Gasteiger partial charge >= 0.3 is 18.9 Å². The third kappa shape index (κ3) is 10.2. The van der Waals surface area contributed by atoms with E-state index in [-0.39, 0.29) is 18.9 Å². The summed E-state index contributed by atoms with van der Waals surface area (Å²) in [6.45, 7) is 3.47. The van der Waals surface area contributed by atoms with Crippen LogP contribution in [-0.4, -0.2) is 23.3 Å². The Kier molecular flexibility index (Phi) is 19.9. The molecule has 0 saturated carbocycles. The second-order valence-corrected chi connectivity index (χ2v) is 1.27. The molecule has 0 aliphatic heterocycles. The van der Waals surface area contributed by atoms with Gasteiger partial charge in [-0.25, -0.2) is 0 Å². The average Bonchev–Trinajstić information content (AvgIpc) is 0.918. The second-order valence-electron chi connectivity index (χ2n) is 0.189. The molecule has 0 bridgehead atoms. The number of hydrogen-bond acceptors (Lipinski definition) is 0. The van der Waals surface area contributed by atoms with Crippen LogP contribution in [0.25, 0.3) is 0 Å². The van der Waals surface area contributed by atoms with Crippen LogP contribution in [0.5, 0.6) is 0 Å². The Morgan fingerprint density at radius 3 is 1.75 bits per heavy atom. The molecule has 0 aromatic rings. The van der Waals surface area contributed by atoms with Crippen LogP contribution < -0.4 is 0 Å². The van der Waals surface area contributed by atoms with E-state index in [1.165, 1.54) is 0 Å². The van der Waals surface area contributed by atoms with Crippen molar-refractivity contribution in [1.29, 1.82) is 0 Å². The van der Waals surface area contributed by atoms with E-state index in [1.807, 2.05) is 0 Å². The van der Waals surface area contributed by atoms with Crippen LogP contribution in [0.1, 0.15) is 0 Å². The summed E-state index contributed by atoms with van der Waals surface area (Å²) in [5.41, 5.74) is 0. The van der Waals surface area contributed by atoms with Crippen LogP contribution in [-0.2, 0) is 0 Å². The standard InChI is InChI=1S/C2H4I.Li.H/c1-2-3;;/h1-2H2;;. The van der Waals surface area contributed by atoms with Gasteiger partial charge in [0.2, 0.25) is 0 Å². The van der Waals surface area contributed by atoms with Gasteiger partial charge in [-0.05, 0) is 11.4 Å². The molecule has 0 heterocycles. The molecule has 0 aliphatic rings. The molecule has 21 valence electrons. The molecule has 0 nitrogen and oxygen atoms in total. The van der Waals surface area contributed by atoms with Crippen molar-refractivity contribution in [1.82, 2.24) is 0 Å². The van der Waals surface area contributed by atoms with Crippen molar-refractivity contribution in [2.75, 3.05) is 4.43 Å². The molecule has 0 aliphatic carbocycles. The minimum absolute atomic E-state index is 0. The Labute approximate surface area is 52.7 Å². The summed E-state index contributed by atoms with van der Waals surface area (Å²) in [7, 11) is 0. The predicted molar refractivity (Wildman–Crippen MR) is 31.4 cm³/mol. The van der Waals surface area contributed by atoms with Crippen molar-refractivity contribution in [3.05, 3.63) is 6.92 Å². The molecule has 0 saturated heterocycles. The van der Waals surface area contributed by atoms with Crippen LogP contribution in [0, 0.1) is 6.92 Å². The number of alkyl halides is 1. The number of halogens is 1. The molecule has 2 heteroatoms. The Hall–Kier alpha value is 1.33. The van der Waals surface area contributed by atoms with Crippen molar-refractivity contribution >= 4 is 41.5 Å². The first-order valence-electron chi connectivity index (χ1n) is 0.767. The SMILES string of the molecule is [CH2]CI.[LiH]. The molecular weight excluding hydrogens is 158 g/mol. The Balaban J connectivity index is 0. The van der Waals surface area contributed by atoms with E-state index in [0.29, 0.717) is 0 Å². The van der Waals surface area contributed by atoms with E-state index >= 15 is 0 Å². The van der Waals surface area contributed by atoms with Gasteiger partial charge in [0, 0.05) is 0 Å². The van der Waals surface area contributed by atoms with E-state index in [9.17, 15) is 0 Å². The second kappa shape index (κ2) is 8.84. The van der Waals surface area contributed by atoms with Gasteiger partial charge in [-0.15, -0.1) is 0 Å². The Morgan fingerprint density at radius 2 is 1.75 bits per heavy atom. The van der Waals surface area contributed by atoms with Crippen LogP contribution in [0.4, 0.5) is 0 Å². The van der Waals surface area contributed by atoms with E-state index < -0.39 is 0 Å². The Bertz CT molecular complexity index is 6.00. The summed E-state index contributed by atoms with van der Waals surface area (Å²) in [6.07, 6.45) is 0. The molecule has 4 heavy (non-hydrogen) atoms. The van der Waals surface area contributed by atoms with Gasteiger partial charge in [-0.1, -0.05) is 22.6 Å². The van der Waals surface area contributed by atoms with Crippen LogP contribution in [0.15, 0.2) is 0 Å². The molecule has 1 radical (unpaired) electrons. The predicted octanol–water partition coefficient (Wildman–Crippen LogP) is 0.607. The first-order valence-corrected chi connectivity index (χ1v) is 2.29. The summed E-state index contributed by atoms with van der Waals surface area (Å²) in [5, 5.41) is 0. The molecule has 0 aromatic carbocycles. The summed E-state index contributed by atoms with van der Waals surface area (Å²) < 4.78 is 0.970.